The van der Waals surface area contributed by atoms with Gasteiger partial charge in [-0.25, -0.2) is 9.97 Å². The van der Waals surface area contributed by atoms with Gasteiger partial charge in [-0.2, -0.15) is 0 Å². The Balaban J connectivity index is 2.39. The molecule has 0 aliphatic carbocycles. The van der Waals surface area contributed by atoms with Gasteiger partial charge in [-0.15, -0.1) is 0 Å². The SMILES string of the molecule is CC(C)C(C)Sc1nc(Br)cn2ccnc12. The van der Waals surface area contributed by atoms with Crippen molar-refractivity contribution in [1.29, 1.82) is 0 Å². The minimum Gasteiger partial charge on any atom is -0.302 e. The highest BCUT2D eigenvalue weighted by atomic mass is 79.9. The summed E-state index contributed by atoms with van der Waals surface area (Å²) >= 11 is 5.20. The van der Waals surface area contributed by atoms with Crippen LogP contribution < -0.4 is 0 Å². The first-order valence-electron chi connectivity index (χ1n) is 5.24. The summed E-state index contributed by atoms with van der Waals surface area (Å²) in [5.41, 5.74) is 0.931. The fourth-order valence-electron chi connectivity index (χ4n) is 1.26. The maximum atomic E-state index is 4.49. The van der Waals surface area contributed by atoms with Crippen LogP contribution in [-0.2, 0) is 0 Å². The van der Waals surface area contributed by atoms with E-state index in [9.17, 15) is 0 Å². The first kappa shape index (κ1) is 11.9. The van der Waals surface area contributed by atoms with E-state index >= 15 is 0 Å². The molecule has 1 unspecified atom stereocenters. The van der Waals surface area contributed by atoms with Crippen LogP contribution >= 0.6 is 27.7 Å². The van der Waals surface area contributed by atoms with Crippen LogP contribution in [-0.4, -0.2) is 19.6 Å². The Kier molecular flexibility index (Phi) is 3.54. The van der Waals surface area contributed by atoms with E-state index in [-0.39, 0.29) is 0 Å². The summed E-state index contributed by atoms with van der Waals surface area (Å²) in [6.07, 6.45) is 5.66. The Labute approximate surface area is 108 Å². The normalized spacial score (nSPS) is 13.6. The van der Waals surface area contributed by atoms with Gasteiger partial charge < -0.3 is 4.40 Å². The third kappa shape index (κ3) is 2.40. The molecule has 0 aliphatic rings. The van der Waals surface area contributed by atoms with Crippen LogP contribution in [0.1, 0.15) is 20.8 Å². The summed E-state index contributed by atoms with van der Waals surface area (Å²) < 4.78 is 2.84. The first-order chi connectivity index (χ1) is 7.58. The van der Waals surface area contributed by atoms with Crippen molar-refractivity contribution in [3.63, 3.8) is 0 Å². The van der Waals surface area contributed by atoms with Gasteiger partial charge in [0.2, 0.25) is 0 Å². The van der Waals surface area contributed by atoms with Gasteiger partial charge in [0, 0.05) is 23.8 Å². The van der Waals surface area contributed by atoms with Crippen molar-refractivity contribution < 1.29 is 0 Å². The number of halogens is 1. The summed E-state index contributed by atoms with van der Waals surface area (Å²) in [5, 5.41) is 1.52. The highest BCUT2D eigenvalue weighted by Crippen LogP contribution is 2.29. The zero-order valence-electron chi connectivity index (χ0n) is 9.51. The minimum atomic E-state index is 0.530. The van der Waals surface area contributed by atoms with Crippen molar-refractivity contribution in [2.75, 3.05) is 0 Å². The number of thioether (sulfide) groups is 1. The van der Waals surface area contributed by atoms with Crippen LogP contribution in [0.15, 0.2) is 28.2 Å². The molecule has 0 saturated heterocycles. The van der Waals surface area contributed by atoms with Gasteiger partial charge in [-0.05, 0) is 21.8 Å². The highest BCUT2D eigenvalue weighted by molar-refractivity contribution is 9.10. The molecule has 0 spiro atoms. The van der Waals surface area contributed by atoms with E-state index in [1.165, 1.54) is 0 Å². The predicted octanol–water partition coefficient (Wildman–Crippen LogP) is 3.63. The molecule has 86 valence electrons. The molecule has 2 heterocycles. The molecule has 2 aromatic heterocycles. The smallest absolute Gasteiger partial charge is 0.169 e. The average molecular weight is 300 g/mol. The van der Waals surface area contributed by atoms with E-state index in [1.807, 2.05) is 16.8 Å². The summed E-state index contributed by atoms with van der Waals surface area (Å²) in [6.45, 7) is 6.66. The predicted molar refractivity (Wildman–Crippen MR) is 70.8 cm³/mol. The monoisotopic (exact) mass is 299 g/mol. The van der Waals surface area contributed by atoms with Crippen molar-refractivity contribution in [2.24, 2.45) is 5.92 Å². The second-order valence-electron chi connectivity index (χ2n) is 4.09. The Bertz CT molecular complexity index is 495. The van der Waals surface area contributed by atoms with E-state index in [4.69, 9.17) is 0 Å². The van der Waals surface area contributed by atoms with Crippen LogP contribution in [0.3, 0.4) is 0 Å². The van der Waals surface area contributed by atoms with Gasteiger partial charge in [0.15, 0.2) is 5.65 Å². The summed E-state index contributed by atoms with van der Waals surface area (Å²) in [5.74, 6) is 0.626. The molecular weight excluding hydrogens is 286 g/mol. The van der Waals surface area contributed by atoms with Crippen molar-refractivity contribution in [1.82, 2.24) is 14.4 Å². The van der Waals surface area contributed by atoms with Crippen LogP contribution in [0.2, 0.25) is 0 Å². The van der Waals surface area contributed by atoms with E-state index in [2.05, 4.69) is 46.7 Å². The van der Waals surface area contributed by atoms with Gasteiger partial charge in [-0.3, -0.25) is 0 Å². The maximum absolute atomic E-state index is 4.49. The van der Waals surface area contributed by atoms with Gasteiger partial charge in [0.05, 0.1) is 0 Å². The topological polar surface area (TPSA) is 30.2 Å². The number of aromatic nitrogens is 3. The van der Waals surface area contributed by atoms with Gasteiger partial charge >= 0.3 is 0 Å². The maximum Gasteiger partial charge on any atom is 0.169 e. The lowest BCUT2D eigenvalue weighted by Crippen LogP contribution is -2.06. The lowest BCUT2D eigenvalue weighted by molar-refractivity contribution is 0.641. The second-order valence-corrected chi connectivity index (χ2v) is 6.27. The quantitative estimate of drug-likeness (QED) is 0.811. The lowest BCUT2D eigenvalue weighted by atomic mass is 10.2. The molecular formula is C11H14BrN3S. The minimum absolute atomic E-state index is 0.530. The van der Waals surface area contributed by atoms with Gasteiger partial charge in [0.1, 0.15) is 9.63 Å². The average Bonchev–Trinajstić information content (AvgIpc) is 2.65. The first-order valence-corrected chi connectivity index (χ1v) is 6.91. The van der Waals surface area contributed by atoms with Crippen LogP contribution in [0.4, 0.5) is 0 Å². The number of hydrogen-bond acceptors (Lipinski definition) is 3. The molecule has 1 atom stereocenters. The van der Waals surface area contributed by atoms with Crippen molar-refractivity contribution in [3.8, 4) is 0 Å². The molecule has 2 rings (SSSR count). The molecule has 0 N–H and O–H groups in total. The molecule has 0 saturated carbocycles. The molecule has 0 bridgehead atoms. The number of hydrogen-bond donors (Lipinski definition) is 0. The standard InChI is InChI=1S/C11H14BrN3S/c1-7(2)8(3)16-11-10-13-4-5-15(10)6-9(12)14-11/h4-8H,1-3H3. The Morgan fingerprint density at radius 3 is 2.81 bits per heavy atom. The largest absolute Gasteiger partial charge is 0.302 e. The molecule has 5 heteroatoms. The van der Waals surface area contributed by atoms with E-state index < -0.39 is 0 Å². The van der Waals surface area contributed by atoms with Crippen molar-refractivity contribution in [3.05, 3.63) is 23.2 Å². The van der Waals surface area contributed by atoms with Crippen molar-refractivity contribution >= 4 is 33.3 Å². The molecule has 2 aromatic rings. The van der Waals surface area contributed by atoms with E-state index in [0.717, 1.165) is 15.3 Å². The number of rotatable bonds is 3. The third-order valence-electron chi connectivity index (χ3n) is 2.55. The third-order valence-corrected chi connectivity index (χ3v) is 4.35. The van der Waals surface area contributed by atoms with E-state index in [0.29, 0.717) is 11.2 Å². The molecule has 0 aromatic carbocycles. The lowest BCUT2D eigenvalue weighted by Gasteiger charge is -2.14. The molecule has 0 radical (unpaired) electrons. The van der Waals surface area contributed by atoms with Crippen LogP contribution in [0, 0.1) is 5.92 Å². The Morgan fingerprint density at radius 2 is 2.12 bits per heavy atom. The molecule has 16 heavy (non-hydrogen) atoms. The fourth-order valence-corrected chi connectivity index (χ4v) is 2.82. The summed E-state index contributed by atoms with van der Waals surface area (Å²) in [4.78, 5) is 8.82. The number of nitrogens with zero attached hydrogens (tertiary/aromatic N) is 3. The van der Waals surface area contributed by atoms with Gasteiger partial charge in [-0.1, -0.05) is 32.5 Å². The van der Waals surface area contributed by atoms with Crippen molar-refractivity contribution in [2.45, 2.75) is 31.0 Å². The molecule has 0 fully saturated rings. The Hall–Kier alpha value is -0.550. The fraction of sp³-hybridized carbons (Fsp3) is 0.455. The number of imidazole rings is 1. The summed E-state index contributed by atoms with van der Waals surface area (Å²) in [6, 6.07) is 0. The summed E-state index contributed by atoms with van der Waals surface area (Å²) in [7, 11) is 0. The zero-order valence-corrected chi connectivity index (χ0v) is 11.9. The Morgan fingerprint density at radius 1 is 1.38 bits per heavy atom. The van der Waals surface area contributed by atoms with E-state index in [1.54, 1.807) is 18.0 Å². The van der Waals surface area contributed by atoms with Gasteiger partial charge in [0.25, 0.3) is 0 Å². The van der Waals surface area contributed by atoms with Crippen LogP contribution in [0.25, 0.3) is 5.65 Å². The number of fused-ring (bicyclic) bond motifs is 1. The molecule has 3 nitrogen and oxygen atoms in total. The molecule has 0 aliphatic heterocycles. The molecule has 0 amide bonds. The highest BCUT2D eigenvalue weighted by Gasteiger charge is 2.14. The van der Waals surface area contributed by atoms with Crippen LogP contribution in [0.5, 0.6) is 0 Å². The second kappa shape index (κ2) is 4.75. The zero-order chi connectivity index (χ0) is 11.7.